The summed E-state index contributed by atoms with van der Waals surface area (Å²) >= 11 is 13.5. The second-order valence-corrected chi connectivity index (χ2v) is 7.18. The first-order chi connectivity index (χ1) is 8.85. The Kier molecular flexibility index (Phi) is 4.46. The van der Waals surface area contributed by atoms with Gasteiger partial charge < -0.3 is 5.32 Å². The highest BCUT2D eigenvalue weighted by molar-refractivity contribution is 7.15. The van der Waals surface area contributed by atoms with Crippen molar-refractivity contribution in [1.82, 2.24) is 15.3 Å². The van der Waals surface area contributed by atoms with E-state index in [4.69, 9.17) is 23.2 Å². The lowest BCUT2D eigenvalue weighted by Crippen LogP contribution is -2.34. The number of thiazole rings is 1. The lowest BCUT2D eigenvalue weighted by atomic mass is 10.1. The lowest BCUT2D eigenvalue weighted by molar-refractivity contribution is 0.426. The molecule has 2 aromatic rings. The van der Waals surface area contributed by atoms with Crippen LogP contribution in [0.5, 0.6) is 0 Å². The molecule has 0 amide bonds. The van der Waals surface area contributed by atoms with E-state index in [1.54, 1.807) is 23.6 Å². The number of aromatic nitrogens is 2. The van der Waals surface area contributed by atoms with E-state index < -0.39 is 0 Å². The second kappa shape index (κ2) is 5.75. The third-order valence-corrected chi connectivity index (χ3v) is 3.86. The summed E-state index contributed by atoms with van der Waals surface area (Å²) in [5, 5.41) is 5.29. The van der Waals surface area contributed by atoms with Crippen LogP contribution in [0.3, 0.4) is 0 Å². The van der Waals surface area contributed by atoms with Gasteiger partial charge >= 0.3 is 0 Å². The van der Waals surface area contributed by atoms with Gasteiger partial charge in [0.25, 0.3) is 0 Å². The number of hydrogen-bond donors (Lipinski definition) is 1. The predicted octanol–water partition coefficient (Wildman–Crippen LogP) is 4.40. The predicted molar refractivity (Wildman–Crippen MR) is 82.0 cm³/mol. The number of pyridine rings is 1. The van der Waals surface area contributed by atoms with Crippen LogP contribution in [0.15, 0.2) is 18.5 Å². The molecule has 0 saturated carbocycles. The van der Waals surface area contributed by atoms with Gasteiger partial charge in [-0.3, -0.25) is 4.98 Å². The quantitative estimate of drug-likeness (QED) is 0.912. The number of halogens is 2. The third-order valence-electron chi connectivity index (χ3n) is 2.36. The molecular formula is C13H15Cl2N3S. The van der Waals surface area contributed by atoms with Crippen LogP contribution in [-0.4, -0.2) is 15.5 Å². The fourth-order valence-corrected chi connectivity index (χ4v) is 2.81. The van der Waals surface area contributed by atoms with Crippen LogP contribution in [0.1, 0.15) is 25.6 Å². The topological polar surface area (TPSA) is 37.8 Å². The number of hydrogen-bond acceptors (Lipinski definition) is 4. The molecule has 19 heavy (non-hydrogen) atoms. The van der Waals surface area contributed by atoms with Crippen LogP contribution in [-0.2, 0) is 6.54 Å². The minimum absolute atomic E-state index is 0.0837. The monoisotopic (exact) mass is 315 g/mol. The minimum atomic E-state index is 0.0837. The molecule has 2 heterocycles. The van der Waals surface area contributed by atoms with E-state index in [0.717, 1.165) is 16.4 Å². The van der Waals surface area contributed by atoms with Gasteiger partial charge in [0, 0.05) is 29.4 Å². The Labute approximate surface area is 127 Å². The van der Waals surface area contributed by atoms with E-state index in [1.807, 2.05) is 6.20 Å². The number of rotatable bonds is 3. The largest absolute Gasteiger partial charge is 0.307 e. The van der Waals surface area contributed by atoms with Gasteiger partial charge in [0.05, 0.1) is 10.0 Å². The highest BCUT2D eigenvalue weighted by Gasteiger charge is 2.13. The maximum atomic E-state index is 6.13. The van der Waals surface area contributed by atoms with E-state index in [-0.39, 0.29) is 5.54 Å². The van der Waals surface area contributed by atoms with Crippen molar-refractivity contribution in [3.63, 3.8) is 0 Å². The van der Waals surface area contributed by atoms with Crippen molar-refractivity contribution < 1.29 is 0 Å². The van der Waals surface area contributed by atoms with Crippen LogP contribution < -0.4 is 5.32 Å². The van der Waals surface area contributed by atoms with E-state index in [9.17, 15) is 0 Å². The highest BCUT2D eigenvalue weighted by Crippen LogP contribution is 2.30. The molecule has 2 rings (SSSR count). The molecule has 0 spiro atoms. The van der Waals surface area contributed by atoms with E-state index >= 15 is 0 Å². The lowest BCUT2D eigenvalue weighted by Gasteiger charge is -2.19. The van der Waals surface area contributed by atoms with Crippen molar-refractivity contribution in [2.75, 3.05) is 0 Å². The molecule has 2 aromatic heterocycles. The van der Waals surface area contributed by atoms with Gasteiger partial charge in [-0.1, -0.05) is 23.2 Å². The van der Waals surface area contributed by atoms with Crippen molar-refractivity contribution in [3.8, 4) is 10.7 Å². The molecule has 3 nitrogen and oxygen atoms in total. The van der Waals surface area contributed by atoms with Crippen molar-refractivity contribution in [3.05, 3.63) is 33.4 Å². The summed E-state index contributed by atoms with van der Waals surface area (Å²) in [7, 11) is 0. The Balaban J connectivity index is 2.16. The van der Waals surface area contributed by atoms with Gasteiger partial charge in [-0.15, -0.1) is 11.3 Å². The van der Waals surface area contributed by atoms with E-state index in [1.165, 1.54) is 0 Å². The third kappa shape index (κ3) is 4.14. The van der Waals surface area contributed by atoms with Crippen LogP contribution >= 0.6 is 34.5 Å². The first-order valence-corrected chi connectivity index (χ1v) is 7.43. The van der Waals surface area contributed by atoms with Crippen LogP contribution in [0.4, 0.5) is 0 Å². The van der Waals surface area contributed by atoms with Crippen molar-refractivity contribution in [2.24, 2.45) is 0 Å². The van der Waals surface area contributed by atoms with Gasteiger partial charge in [0.1, 0.15) is 10.7 Å². The average Bonchev–Trinajstić information content (AvgIpc) is 2.74. The van der Waals surface area contributed by atoms with Gasteiger partial charge in [0.15, 0.2) is 0 Å². The SMILES string of the molecule is CC(C)(C)NCc1cnc(-c2ncc(Cl)cc2Cl)s1. The fraction of sp³-hybridized carbons (Fsp3) is 0.385. The molecule has 0 aliphatic carbocycles. The minimum Gasteiger partial charge on any atom is -0.307 e. The zero-order valence-corrected chi connectivity index (χ0v) is 13.3. The van der Waals surface area contributed by atoms with Crippen molar-refractivity contribution in [2.45, 2.75) is 32.9 Å². The molecule has 0 bridgehead atoms. The summed E-state index contributed by atoms with van der Waals surface area (Å²) in [4.78, 5) is 9.75. The maximum absolute atomic E-state index is 6.13. The molecular weight excluding hydrogens is 301 g/mol. The standard InChI is InChI=1S/C13H15Cl2N3S/c1-13(2,3)18-7-9-6-17-12(19-9)11-10(15)4-8(14)5-16-11/h4-6,18H,7H2,1-3H3. The van der Waals surface area contributed by atoms with Gasteiger partial charge in [-0.2, -0.15) is 0 Å². The molecule has 0 fully saturated rings. The van der Waals surface area contributed by atoms with Crippen molar-refractivity contribution >= 4 is 34.5 Å². The number of nitrogens with one attached hydrogen (secondary N) is 1. The smallest absolute Gasteiger partial charge is 0.143 e. The summed E-state index contributed by atoms with van der Waals surface area (Å²) in [6.45, 7) is 7.18. The van der Waals surface area contributed by atoms with E-state index in [0.29, 0.717) is 15.7 Å². The molecule has 0 aliphatic rings. The molecule has 102 valence electrons. The van der Waals surface area contributed by atoms with Crippen molar-refractivity contribution in [1.29, 1.82) is 0 Å². The fourth-order valence-electron chi connectivity index (χ4n) is 1.42. The summed E-state index contributed by atoms with van der Waals surface area (Å²) in [5.74, 6) is 0. The normalized spacial score (nSPS) is 11.8. The van der Waals surface area contributed by atoms with E-state index in [2.05, 4.69) is 36.1 Å². The molecule has 0 aliphatic heterocycles. The summed E-state index contributed by atoms with van der Waals surface area (Å²) in [6, 6.07) is 1.68. The van der Waals surface area contributed by atoms with Crippen LogP contribution in [0.25, 0.3) is 10.7 Å². The summed E-state index contributed by atoms with van der Waals surface area (Å²) in [5.41, 5.74) is 0.762. The van der Waals surface area contributed by atoms with Gasteiger partial charge in [0.2, 0.25) is 0 Å². The molecule has 0 atom stereocenters. The molecule has 0 unspecified atom stereocenters. The zero-order chi connectivity index (χ0) is 14.0. The molecule has 0 aromatic carbocycles. The zero-order valence-electron chi connectivity index (χ0n) is 11.0. The highest BCUT2D eigenvalue weighted by atomic mass is 35.5. The maximum Gasteiger partial charge on any atom is 0.143 e. The Morgan fingerprint density at radius 3 is 2.58 bits per heavy atom. The Hall–Kier alpha value is -0.680. The van der Waals surface area contributed by atoms with Crippen LogP contribution in [0.2, 0.25) is 10.0 Å². The molecule has 1 N–H and O–H groups in total. The molecule has 6 heteroatoms. The Bertz CT molecular complexity index is 576. The first kappa shape index (κ1) is 14.7. The van der Waals surface area contributed by atoms with Gasteiger partial charge in [-0.25, -0.2) is 4.98 Å². The molecule has 0 radical (unpaired) electrons. The average molecular weight is 316 g/mol. The first-order valence-electron chi connectivity index (χ1n) is 5.86. The van der Waals surface area contributed by atoms with Crippen LogP contribution in [0, 0.1) is 0 Å². The summed E-state index contributed by atoms with van der Waals surface area (Å²) in [6.07, 6.45) is 3.43. The number of nitrogens with zero attached hydrogens (tertiary/aromatic N) is 2. The Morgan fingerprint density at radius 1 is 1.21 bits per heavy atom. The van der Waals surface area contributed by atoms with Gasteiger partial charge in [-0.05, 0) is 26.8 Å². The molecule has 0 saturated heterocycles. The summed E-state index contributed by atoms with van der Waals surface area (Å²) < 4.78 is 0. The second-order valence-electron chi connectivity index (χ2n) is 5.22. The Morgan fingerprint density at radius 2 is 1.95 bits per heavy atom.